The Morgan fingerprint density at radius 2 is 0.923 bits per heavy atom. The highest BCUT2D eigenvalue weighted by Crippen LogP contribution is 2.51. The molecule has 5 aliphatic rings. The predicted octanol–water partition coefficient (Wildman–Crippen LogP) is 9.23. The predicted molar refractivity (Wildman–Crippen MR) is 133 cm³/mol. The monoisotopic (exact) mass is 572 g/mol. The molecule has 0 bridgehead atoms. The summed E-state index contributed by atoms with van der Waals surface area (Å²) in [5.41, 5.74) is 0. The highest BCUT2D eigenvalue weighted by atomic mass is 19.3. The van der Waals surface area contributed by atoms with E-state index >= 15 is 13.2 Å². The maximum Gasteiger partial charge on any atom is 0.364 e. The number of ether oxygens (including phenoxy) is 1. The van der Waals surface area contributed by atoms with Crippen molar-refractivity contribution in [3.05, 3.63) is 0 Å². The Morgan fingerprint density at radius 3 is 1.46 bits per heavy atom. The molecule has 0 aromatic heterocycles. The van der Waals surface area contributed by atoms with Gasteiger partial charge in [0.1, 0.15) is 36.8 Å². The van der Waals surface area contributed by atoms with Gasteiger partial charge in [-0.1, -0.05) is 25.7 Å². The molecule has 5 aliphatic carbocycles. The Bertz CT molecular complexity index is 761. The molecule has 0 aromatic carbocycles. The average Bonchev–Trinajstić information content (AvgIpc) is 3.41. The van der Waals surface area contributed by atoms with E-state index < -0.39 is 79.8 Å². The van der Waals surface area contributed by atoms with Crippen LogP contribution in [-0.4, -0.2) is 49.2 Å². The minimum Gasteiger partial charge on any atom is -0.317 e. The molecule has 39 heavy (non-hydrogen) atoms. The normalized spacial score (nSPS) is 48.8. The quantitative estimate of drug-likeness (QED) is 0.288. The van der Waals surface area contributed by atoms with E-state index in [1.165, 1.54) is 38.5 Å². The molecule has 0 heterocycles. The average molecular weight is 573 g/mol. The molecule has 0 amide bonds. The van der Waals surface area contributed by atoms with E-state index in [9.17, 15) is 22.0 Å². The van der Waals surface area contributed by atoms with Crippen LogP contribution in [0.25, 0.3) is 0 Å². The Balaban J connectivity index is 1.12. The van der Waals surface area contributed by atoms with Gasteiger partial charge >= 0.3 is 6.11 Å². The van der Waals surface area contributed by atoms with E-state index in [0.717, 1.165) is 31.1 Å². The summed E-state index contributed by atoms with van der Waals surface area (Å²) < 4.78 is 121. The molecule has 9 heteroatoms. The SMILES string of the molecule is FC1CC(OC(F)(F)C2C(F)CC(C3CCC(C4CCC(C5CCCC5)CC4)CC3F)CC2F)CC(F)C1F. The maximum absolute atomic E-state index is 15.4. The van der Waals surface area contributed by atoms with Crippen LogP contribution in [0, 0.1) is 41.4 Å². The standard InChI is InChI=1S/C30H44F8O/c31-23-11-19(18-7-5-17(6-8-18)16-3-1-2-4-16)9-10-22(23)20-12-24(32)28(25(33)13-20)30(37,38)39-21-14-26(34)29(36)27(35)15-21/h16-29H,1-15H2. The number of halogens is 8. The molecule has 1 nitrogen and oxygen atoms in total. The molecule has 5 saturated carbocycles. The van der Waals surface area contributed by atoms with Gasteiger partial charge in [-0.05, 0) is 93.3 Å². The maximum atomic E-state index is 15.4. The van der Waals surface area contributed by atoms with Gasteiger partial charge in [-0.25, -0.2) is 26.3 Å². The van der Waals surface area contributed by atoms with Gasteiger partial charge in [0, 0.05) is 12.8 Å². The molecule has 0 N–H and O–H groups in total. The summed E-state index contributed by atoms with van der Waals surface area (Å²) in [7, 11) is 0. The molecule has 0 spiro atoms. The van der Waals surface area contributed by atoms with E-state index in [-0.39, 0.29) is 18.8 Å². The Hall–Kier alpha value is -0.600. The molecular weight excluding hydrogens is 528 g/mol. The third kappa shape index (κ3) is 6.58. The van der Waals surface area contributed by atoms with Crippen molar-refractivity contribution in [2.75, 3.05) is 0 Å². The second-order valence-electron chi connectivity index (χ2n) is 13.5. The van der Waals surface area contributed by atoms with Crippen LogP contribution in [0.3, 0.4) is 0 Å². The van der Waals surface area contributed by atoms with Gasteiger partial charge in [0.05, 0.1) is 6.10 Å². The number of rotatable bonds is 6. The van der Waals surface area contributed by atoms with E-state index in [1.807, 2.05) is 0 Å². The van der Waals surface area contributed by atoms with Crippen LogP contribution in [-0.2, 0) is 4.74 Å². The van der Waals surface area contributed by atoms with Crippen molar-refractivity contribution in [2.45, 2.75) is 146 Å². The van der Waals surface area contributed by atoms with E-state index in [1.54, 1.807) is 0 Å². The fourth-order valence-corrected chi connectivity index (χ4v) is 9.09. The highest BCUT2D eigenvalue weighted by Gasteiger charge is 2.57. The summed E-state index contributed by atoms with van der Waals surface area (Å²) in [6.45, 7) is 0. The Labute approximate surface area is 227 Å². The third-order valence-corrected chi connectivity index (χ3v) is 11.2. The van der Waals surface area contributed by atoms with Crippen molar-refractivity contribution < 1.29 is 39.9 Å². The van der Waals surface area contributed by atoms with Crippen molar-refractivity contribution in [1.29, 1.82) is 0 Å². The molecule has 226 valence electrons. The van der Waals surface area contributed by atoms with Gasteiger partial charge in [0.15, 0.2) is 6.17 Å². The molecule has 0 aromatic rings. The van der Waals surface area contributed by atoms with Crippen LogP contribution in [0.1, 0.15) is 96.3 Å². The summed E-state index contributed by atoms with van der Waals surface area (Å²) in [5, 5.41) is 0. The van der Waals surface area contributed by atoms with Crippen LogP contribution in [0.5, 0.6) is 0 Å². The van der Waals surface area contributed by atoms with Gasteiger partial charge in [-0.3, -0.25) is 0 Å². The molecular formula is C30H44F8O. The summed E-state index contributed by atoms with van der Waals surface area (Å²) in [6.07, 6.45) is -9.40. The van der Waals surface area contributed by atoms with Crippen LogP contribution in [0.2, 0.25) is 0 Å². The third-order valence-electron chi connectivity index (χ3n) is 11.2. The van der Waals surface area contributed by atoms with Crippen molar-refractivity contribution in [3.63, 3.8) is 0 Å². The Morgan fingerprint density at radius 1 is 0.462 bits per heavy atom. The van der Waals surface area contributed by atoms with Crippen LogP contribution >= 0.6 is 0 Å². The van der Waals surface area contributed by atoms with Crippen molar-refractivity contribution in [1.82, 2.24) is 0 Å². The smallest absolute Gasteiger partial charge is 0.317 e. The molecule has 5 fully saturated rings. The summed E-state index contributed by atoms with van der Waals surface area (Å²) in [5.74, 6) is -1.23. The lowest BCUT2D eigenvalue weighted by Gasteiger charge is -2.45. The van der Waals surface area contributed by atoms with Crippen molar-refractivity contribution in [3.8, 4) is 0 Å². The summed E-state index contributed by atoms with van der Waals surface area (Å²) in [6, 6.07) is 0. The van der Waals surface area contributed by atoms with E-state index in [4.69, 9.17) is 0 Å². The second kappa shape index (κ2) is 12.3. The van der Waals surface area contributed by atoms with Gasteiger partial charge in [0.2, 0.25) is 0 Å². The first-order valence-electron chi connectivity index (χ1n) is 15.4. The lowest BCUT2D eigenvalue weighted by molar-refractivity contribution is -0.323. The van der Waals surface area contributed by atoms with Gasteiger partial charge in [-0.15, -0.1) is 0 Å². The number of hydrogen-bond donors (Lipinski definition) is 0. The summed E-state index contributed by atoms with van der Waals surface area (Å²) in [4.78, 5) is 0. The molecule has 0 radical (unpaired) electrons. The van der Waals surface area contributed by atoms with Crippen molar-refractivity contribution >= 4 is 0 Å². The lowest BCUT2D eigenvalue weighted by atomic mass is 9.63. The van der Waals surface area contributed by atoms with E-state index in [0.29, 0.717) is 18.8 Å². The molecule has 0 saturated heterocycles. The first-order chi connectivity index (χ1) is 18.5. The van der Waals surface area contributed by atoms with E-state index in [2.05, 4.69) is 4.74 Å². The van der Waals surface area contributed by atoms with Gasteiger partial charge in [0.25, 0.3) is 0 Å². The summed E-state index contributed by atoms with van der Waals surface area (Å²) >= 11 is 0. The highest BCUT2D eigenvalue weighted by molar-refractivity contribution is 4.98. The van der Waals surface area contributed by atoms with Crippen molar-refractivity contribution in [2.24, 2.45) is 41.4 Å². The molecule has 5 rings (SSSR count). The molecule has 7 atom stereocenters. The largest absolute Gasteiger partial charge is 0.364 e. The van der Waals surface area contributed by atoms with Crippen LogP contribution in [0.15, 0.2) is 0 Å². The van der Waals surface area contributed by atoms with Crippen LogP contribution < -0.4 is 0 Å². The van der Waals surface area contributed by atoms with Crippen LogP contribution in [0.4, 0.5) is 35.1 Å². The zero-order valence-electron chi connectivity index (χ0n) is 22.6. The minimum atomic E-state index is -4.30. The number of hydrogen-bond acceptors (Lipinski definition) is 1. The fraction of sp³-hybridized carbons (Fsp3) is 1.00. The fourth-order valence-electron chi connectivity index (χ4n) is 9.09. The topological polar surface area (TPSA) is 9.23 Å². The Kier molecular flexibility index (Phi) is 9.44. The first-order valence-corrected chi connectivity index (χ1v) is 15.4. The van der Waals surface area contributed by atoms with Gasteiger partial charge in [-0.2, -0.15) is 8.78 Å². The lowest BCUT2D eigenvalue weighted by Crippen LogP contribution is -2.52. The number of alkyl halides is 8. The zero-order chi connectivity index (χ0) is 27.9. The first kappa shape index (κ1) is 29.9. The second-order valence-corrected chi connectivity index (χ2v) is 13.5. The minimum absolute atomic E-state index is 0.273. The zero-order valence-corrected chi connectivity index (χ0v) is 22.6. The molecule has 0 aliphatic heterocycles. The van der Waals surface area contributed by atoms with Gasteiger partial charge < -0.3 is 4.74 Å². The molecule has 7 unspecified atom stereocenters.